The molecule has 0 aliphatic rings. The molecule has 0 amide bonds. The Labute approximate surface area is 482 Å². The third-order valence-corrected chi connectivity index (χ3v) is 14.1. The molecule has 0 bridgehead atoms. The fourth-order valence-corrected chi connectivity index (χ4v) is 9.81. The van der Waals surface area contributed by atoms with E-state index in [2.05, 4.69) is 89.3 Å². The molecule has 19 heteroatoms. The average Bonchev–Trinajstić information content (AvgIpc) is 1.45. The minimum absolute atomic E-state index is 0.345. The molecule has 0 spiro atoms. The molecule has 0 radical (unpaired) electrons. The number of aryl methyl sites for hydroxylation is 1. The van der Waals surface area contributed by atoms with Gasteiger partial charge in [-0.25, -0.2) is 0 Å². The molecule has 420 valence electrons. The Balaban J connectivity index is 0.000000425. The van der Waals surface area contributed by atoms with Crippen LogP contribution in [-0.4, -0.2) is 90.6 Å². The van der Waals surface area contributed by atoms with Crippen molar-refractivity contribution in [2.45, 2.75) is 12.3 Å². The molecule has 0 aliphatic heterocycles. The monoisotopic (exact) mass is 1120 g/mol. The van der Waals surface area contributed by atoms with Gasteiger partial charge in [0, 0.05) is 38.9 Å². The number of benzene rings is 8. The van der Waals surface area contributed by atoms with E-state index < -0.39 is 5.41 Å². The van der Waals surface area contributed by atoms with Crippen LogP contribution in [0.5, 0.6) is 40.2 Å². The largest absolute Gasteiger partial charge is 0.496 e. The molecule has 4 aromatic heterocycles. The molecule has 84 heavy (non-hydrogen) atoms. The summed E-state index contributed by atoms with van der Waals surface area (Å²) in [5.41, 5.74) is 9.27. The van der Waals surface area contributed by atoms with Gasteiger partial charge in [0.2, 0.25) is 47.6 Å². The van der Waals surface area contributed by atoms with E-state index in [0.29, 0.717) is 86.9 Å². The topological polar surface area (TPSA) is 220 Å². The zero-order chi connectivity index (χ0) is 58.2. The minimum Gasteiger partial charge on any atom is -0.496 e. The number of aromatic nitrogens is 8. The van der Waals surface area contributed by atoms with E-state index in [-0.39, 0.29) is 0 Å². The van der Waals surface area contributed by atoms with Gasteiger partial charge in [-0.15, -0.1) is 40.8 Å². The average molecular weight is 1120 g/mol. The molecule has 12 rings (SSSR count). The van der Waals surface area contributed by atoms with Crippen LogP contribution >= 0.6 is 0 Å². The Bertz CT molecular complexity index is 4030. The molecule has 0 atom stereocenters. The lowest BCUT2D eigenvalue weighted by Gasteiger charge is -2.37. The number of hydrogen-bond donors (Lipinski definition) is 0. The first-order chi connectivity index (χ1) is 41.2. The predicted molar refractivity (Wildman–Crippen MR) is 311 cm³/mol. The normalized spacial score (nSPS) is 11.1. The van der Waals surface area contributed by atoms with Crippen LogP contribution < -0.4 is 33.2 Å². The van der Waals surface area contributed by atoms with Gasteiger partial charge in [-0.05, 0) is 138 Å². The summed E-state index contributed by atoms with van der Waals surface area (Å²) in [6.45, 7) is 1.98. The quantitative estimate of drug-likeness (QED) is 0.0729. The Morgan fingerprint density at radius 3 is 0.917 bits per heavy atom. The van der Waals surface area contributed by atoms with Gasteiger partial charge >= 0.3 is 0 Å². The van der Waals surface area contributed by atoms with E-state index >= 15 is 0 Å². The van der Waals surface area contributed by atoms with Crippen LogP contribution in [-0.2, 0) is 5.41 Å². The first-order valence-corrected chi connectivity index (χ1v) is 26.2. The van der Waals surface area contributed by atoms with Gasteiger partial charge in [-0.3, -0.25) is 0 Å². The standard InChI is InChI=1S/C55H44N6O8.C10H10N2O3/c1-33-12-13-37(30-46(33)64-4)52-59-56-49(67-52)34-14-22-41(23-15-34)55(40-10-8-7-9-11-40,42-24-16-35(17-25-42)50-57-60-53(68-50)38-20-28-44(62-2)47(31-38)65-5)43-26-18-36(19-27-43)51-58-61-54(69-51)39-21-29-45(63-3)48(32-39)66-6;1-13-8-4-3-7(5-9(8)14-2)10-12-11-6-15-10/h7-32H,1-6H3;3-6H,1-2H3. The first kappa shape index (κ1) is 54.9. The minimum atomic E-state index is -0.866. The molecule has 0 unspecified atom stereocenters. The van der Waals surface area contributed by atoms with Crippen molar-refractivity contribution in [3.8, 4) is 120 Å². The second-order valence-corrected chi connectivity index (χ2v) is 18.7. The maximum Gasteiger partial charge on any atom is 0.248 e. The third-order valence-electron chi connectivity index (χ3n) is 14.1. The maximum atomic E-state index is 6.25. The lowest BCUT2D eigenvalue weighted by molar-refractivity contribution is 0.355. The Hall–Kier alpha value is -11.1. The first-order valence-electron chi connectivity index (χ1n) is 26.2. The van der Waals surface area contributed by atoms with Gasteiger partial charge < -0.3 is 50.8 Å². The zero-order valence-electron chi connectivity index (χ0n) is 46.9. The van der Waals surface area contributed by atoms with Crippen molar-refractivity contribution in [2.24, 2.45) is 0 Å². The van der Waals surface area contributed by atoms with Crippen LogP contribution in [0.25, 0.3) is 80.2 Å². The van der Waals surface area contributed by atoms with Crippen LogP contribution in [0.3, 0.4) is 0 Å². The van der Waals surface area contributed by atoms with Crippen molar-refractivity contribution < 1.29 is 50.8 Å². The number of nitrogens with zero attached hydrogens (tertiary/aromatic N) is 8. The smallest absolute Gasteiger partial charge is 0.248 e. The Morgan fingerprint density at radius 1 is 0.286 bits per heavy atom. The SMILES string of the molecule is COc1cc(-c2nnc(-c3ccc(C(c4ccccc4)(c4ccc(-c5nnc(-c6ccc(OC)c(OC)c6)o5)cc4)c4ccc(-c5nnc(-c6ccc(OC)c(OC)c6)o5)cc4)cc3)o2)ccc1C.COc1ccc(-c2nnco2)cc1OC. The van der Waals surface area contributed by atoms with Crippen molar-refractivity contribution in [1.29, 1.82) is 0 Å². The molecule has 0 fully saturated rings. The summed E-state index contributed by atoms with van der Waals surface area (Å²) in [5, 5.41) is 33.8. The van der Waals surface area contributed by atoms with Crippen molar-refractivity contribution in [1.82, 2.24) is 40.8 Å². The zero-order valence-corrected chi connectivity index (χ0v) is 46.9. The van der Waals surface area contributed by atoms with Gasteiger partial charge in [-0.1, -0.05) is 72.8 Å². The van der Waals surface area contributed by atoms with E-state index in [4.69, 9.17) is 50.8 Å². The van der Waals surface area contributed by atoms with Gasteiger partial charge in [0.15, 0.2) is 34.5 Å². The summed E-state index contributed by atoms with van der Waals surface area (Å²) < 4.78 is 61.5. The molecule has 0 aliphatic carbocycles. The Kier molecular flexibility index (Phi) is 15.9. The summed E-state index contributed by atoms with van der Waals surface area (Å²) >= 11 is 0. The Morgan fingerprint density at radius 2 is 0.583 bits per heavy atom. The number of ether oxygens (including phenoxy) is 7. The van der Waals surface area contributed by atoms with Crippen molar-refractivity contribution in [3.05, 3.63) is 210 Å². The predicted octanol–water partition coefficient (Wildman–Crippen LogP) is 13.3. The van der Waals surface area contributed by atoms with Crippen LogP contribution in [0, 0.1) is 6.92 Å². The highest BCUT2D eigenvalue weighted by atomic mass is 16.5. The van der Waals surface area contributed by atoms with Crippen LogP contribution in [0.4, 0.5) is 0 Å². The van der Waals surface area contributed by atoms with E-state index in [0.717, 1.165) is 61.4 Å². The van der Waals surface area contributed by atoms with Crippen LogP contribution in [0.1, 0.15) is 27.8 Å². The third kappa shape index (κ3) is 10.8. The summed E-state index contributed by atoms with van der Waals surface area (Å²) in [6, 6.07) is 57.1. The molecule has 19 nitrogen and oxygen atoms in total. The highest BCUT2D eigenvalue weighted by Crippen LogP contribution is 2.47. The van der Waals surface area contributed by atoms with Crippen molar-refractivity contribution >= 4 is 0 Å². The molecule has 0 saturated carbocycles. The van der Waals surface area contributed by atoms with Gasteiger partial charge in [-0.2, -0.15) is 0 Å². The molecule has 0 saturated heterocycles. The van der Waals surface area contributed by atoms with Crippen LogP contribution in [0.2, 0.25) is 0 Å². The maximum absolute atomic E-state index is 6.25. The second-order valence-electron chi connectivity index (χ2n) is 18.7. The number of hydrogen-bond acceptors (Lipinski definition) is 19. The number of methoxy groups -OCH3 is 7. The molecule has 4 heterocycles. The summed E-state index contributed by atoms with van der Waals surface area (Å²) in [6.07, 6.45) is 1.28. The summed E-state index contributed by atoms with van der Waals surface area (Å²) in [7, 11) is 11.2. The van der Waals surface area contributed by atoms with E-state index in [1.807, 2.05) is 97.9 Å². The molecule has 12 aromatic rings. The van der Waals surface area contributed by atoms with E-state index in [1.165, 1.54) is 6.39 Å². The van der Waals surface area contributed by atoms with Gasteiger partial charge in [0.1, 0.15) is 5.75 Å². The van der Waals surface area contributed by atoms with Crippen molar-refractivity contribution in [2.75, 3.05) is 49.8 Å². The molecule has 0 N–H and O–H groups in total. The van der Waals surface area contributed by atoms with E-state index in [1.54, 1.807) is 86.2 Å². The fraction of sp³-hybridized carbons (Fsp3) is 0.138. The lowest BCUT2D eigenvalue weighted by Crippen LogP contribution is -2.31. The number of rotatable bonds is 18. The van der Waals surface area contributed by atoms with Gasteiger partial charge in [0.05, 0.1) is 55.2 Å². The molecular formula is C65H54N8O11. The highest BCUT2D eigenvalue weighted by Gasteiger charge is 2.39. The molecular weight excluding hydrogens is 1070 g/mol. The van der Waals surface area contributed by atoms with Crippen molar-refractivity contribution in [3.63, 3.8) is 0 Å². The lowest BCUT2D eigenvalue weighted by atomic mass is 9.65. The van der Waals surface area contributed by atoms with Gasteiger partial charge in [0.25, 0.3) is 0 Å². The second kappa shape index (κ2) is 24.3. The fourth-order valence-electron chi connectivity index (χ4n) is 9.81. The highest BCUT2D eigenvalue weighted by molar-refractivity contribution is 5.69. The van der Waals surface area contributed by atoms with E-state index in [9.17, 15) is 0 Å². The summed E-state index contributed by atoms with van der Waals surface area (Å²) in [5.74, 6) is 6.98. The van der Waals surface area contributed by atoms with Crippen LogP contribution in [0.15, 0.2) is 200 Å². The molecule has 8 aromatic carbocycles. The summed E-state index contributed by atoms with van der Waals surface area (Å²) in [4.78, 5) is 0.